The van der Waals surface area contributed by atoms with E-state index in [1.807, 2.05) is 68.5 Å². The van der Waals surface area contributed by atoms with Gasteiger partial charge in [0.15, 0.2) is 0 Å². The van der Waals surface area contributed by atoms with Crippen molar-refractivity contribution in [3.8, 4) is 5.75 Å². The third-order valence-corrected chi connectivity index (χ3v) is 3.36. The zero-order valence-electron chi connectivity index (χ0n) is 12.4. The SMILES string of the molecule is C=Cc1ccc(OC(C)(C)c2ccc(C=CO)cc2)cc1. The highest BCUT2D eigenvalue weighted by molar-refractivity contribution is 5.49. The molecule has 2 nitrogen and oxygen atoms in total. The average Bonchev–Trinajstić information content (AvgIpc) is 2.48. The quantitative estimate of drug-likeness (QED) is 0.765. The summed E-state index contributed by atoms with van der Waals surface area (Å²) < 4.78 is 6.09. The maximum absolute atomic E-state index is 8.77. The van der Waals surface area contributed by atoms with E-state index >= 15 is 0 Å². The Morgan fingerprint density at radius 2 is 1.52 bits per heavy atom. The van der Waals surface area contributed by atoms with Crippen molar-refractivity contribution in [2.24, 2.45) is 0 Å². The summed E-state index contributed by atoms with van der Waals surface area (Å²) in [6.45, 7) is 7.81. The predicted molar refractivity (Wildman–Crippen MR) is 88.3 cm³/mol. The van der Waals surface area contributed by atoms with Gasteiger partial charge in [-0.1, -0.05) is 49.1 Å². The predicted octanol–water partition coefficient (Wildman–Crippen LogP) is 5.17. The van der Waals surface area contributed by atoms with Crippen LogP contribution < -0.4 is 4.74 Å². The molecule has 2 aromatic rings. The van der Waals surface area contributed by atoms with Crippen LogP contribution in [0.15, 0.2) is 61.4 Å². The summed E-state index contributed by atoms with van der Waals surface area (Å²) in [4.78, 5) is 0. The molecule has 0 unspecified atom stereocenters. The molecule has 0 amide bonds. The highest BCUT2D eigenvalue weighted by Gasteiger charge is 2.22. The minimum Gasteiger partial charge on any atom is -0.516 e. The molecule has 1 N–H and O–H groups in total. The summed E-state index contributed by atoms with van der Waals surface area (Å²) >= 11 is 0. The molecule has 0 saturated carbocycles. The van der Waals surface area contributed by atoms with Gasteiger partial charge >= 0.3 is 0 Å². The molecule has 0 aliphatic rings. The smallest absolute Gasteiger partial charge is 0.128 e. The van der Waals surface area contributed by atoms with Gasteiger partial charge in [0.05, 0.1) is 6.26 Å². The van der Waals surface area contributed by atoms with Gasteiger partial charge in [0.1, 0.15) is 11.4 Å². The molecule has 0 radical (unpaired) electrons. The number of benzene rings is 2. The molecule has 0 fully saturated rings. The van der Waals surface area contributed by atoms with Crippen LogP contribution in [0.5, 0.6) is 5.75 Å². The normalized spacial score (nSPS) is 11.5. The van der Waals surface area contributed by atoms with Crippen molar-refractivity contribution < 1.29 is 9.84 Å². The first kappa shape index (κ1) is 14.9. The molecule has 21 heavy (non-hydrogen) atoms. The first-order valence-electron chi connectivity index (χ1n) is 6.88. The summed E-state index contributed by atoms with van der Waals surface area (Å²) in [7, 11) is 0. The second kappa shape index (κ2) is 6.31. The Kier molecular flexibility index (Phi) is 4.49. The molecule has 0 spiro atoms. The molecule has 0 atom stereocenters. The number of hydrogen-bond donors (Lipinski definition) is 1. The van der Waals surface area contributed by atoms with Gasteiger partial charge < -0.3 is 9.84 Å². The van der Waals surface area contributed by atoms with Gasteiger partial charge in [0, 0.05) is 0 Å². The largest absolute Gasteiger partial charge is 0.516 e. The zero-order valence-corrected chi connectivity index (χ0v) is 12.4. The third-order valence-electron chi connectivity index (χ3n) is 3.36. The Hall–Kier alpha value is -2.48. The van der Waals surface area contributed by atoms with Crippen molar-refractivity contribution in [1.82, 2.24) is 0 Å². The summed E-state index contributed by atoms with van der Waals surface area (Å²) in [5.74, 6) is 0.824. The number of hydrogen-bond acceptors (Lipinski definition) is 2. The lowest BCUT2D eigenvalue weighted by Crippen LogP contribution is -2.25. The van der Waals surface area contributed by atoms with Crippen LogP contribution in [-0.2, 0) is 5.60 Å². The van der Waals surface area contributed by atoms with Gasteiger partial charge in [-0.2, -0.15) is 0 Å². The molecule has 108 valence electrons. The lowest BCUT2D eigenvalue weighted by atomic mass is 9.96. The van der Waals surface area contributed by atoms with Gasteiger partial charge in [-0.05, 0) is 48.7 Å². The Morgan fingerprint density at radius 1 is 0.952 bits per heavy atom. The second-order valence-corrected chi connectivity index (χ2v) is 5.32. The molecular weight excluding hydrogens is 260 g/mol. The summed E-state index contributed by atoms with van der Waals surface area (Å²) in [5, 5.41) is 8.77. The summed E-state index contributed by atoms with van der Waals surface area (Å²) in [6, 6.07) is 15.8. The second-order valence-electron chi connectivity index (χ2n) is 5.32. The summed E-state index contributed by atoms with van der Waals surface area (Å²) in [6.07, 6.45) is 4.49. The van der Waals surface area contributed by atoms with Crippen LogP contribution in [0.2, 0.25) is 0 Å². The highest BCUT2D eigenvalue weighted by atomic mass is 16.5. The lowest BCUT2D eigenvalue weighted by Gasteiger charge is -2.27. The fraction of sp³-hybridized carbons (Fsp3) is 0.158. The van der Waals surface area contributed by atoms with E-state index in [9.17, 15) is 0 Å². The van der Waals surface area contributed by atoms with Gasteiger partial charge in [-0.3, -0.25) is 0 Å². The molecule has 0 saturated heterocycles. The Morgan fingerprint density at radius 3 is 2.05 bits per heavy atom. The van der Waals surface area contributed by atoms with Gasteiger partial charge in [-0.25, -0.2) is 0 Å². The minimum atomic E-state index is -0.433. The van der Waals surface area contributed by atoms with Gasteiger partial charge in [0.25, 0.3) is 0 Å². The van der Waals surface area contributed by atoms with Crippen molar-refractivity contribution in [3.05, 3.63) is 78.1 Å². The number of rotatable bonds is 5. The number of aliphatic hydroxyl groups is 1. The minimum absolute atomic E-state index is 0.433. The van der Waals surface area contributed by atoms with Crippen LogP contribution in [0.25, 0.3) is 12.2 Å². The van der Waals surface area contributed by atoms with Crippen LogP contribution >= 0.6 is 0 Å². The molecule has 2 aromatic carbocycles. The maximum Gasteiger partial charge on any atom is 0.128 e. The van der Waals surface area contributed by atoms with E-state index in [1.165, 1.54) is 0 Å². The van der Waals surface area contributed by atoms with E-state index in [4.69, 9.17) is 9.84 Å². The fourth-order valence-electron chi connectivity index (χ4n) is 2.11. The van der Waals surface area contributed by atoms with Crippen LogP contribution in [-0.4, -0.2) is 5.11 Å². The number of ether oxygens (including phenoxy) is 1. The van der Waals surface area contributed by atoms with Crippen LogP contribution in [0.4, 0.5) is 0 Å². The molecule has 2 rings (SSSR count). The molecule has 0 aliphatic heterocycles. The molecule has 0 bridgehead atoms. The van der Waals surface area contributed by atoms with Crippen molar-refractivity contribution in [3.63, 3.8) is 0 Å². The van der Waals surface area contributed by atoms with E-state index in [2.05, 4.69) is 6.58 Å². The van der Waals surface area contributed by atoms with Gasteiger partial charge in [-0.15, -0.1) is 0 Å². The fourth-order valence-corrected chi connectivity index (χ4v) is 2.11. The van der Waals surface area contributed by atoms with Crippen LogP contribution in [0.1, 0.15) is 30.5 Å². The molecule has 2 heteroatoms. The highest BCUT2D eigenvalue weighted by Crippen LogP contribution is 2.28. The van der Waals surface area contributed by atoms with E-state index < -0.39 is 5.60 Å². The van der Waals surface area contributed by atoms with Crippen molar-refractivity contribution >= 4 is 12.2 Å². The average molecular weight is 280 g/mol. The monoisotopic (exact) mass is 280 g/mol. The first-order valence-corrected chi connectivity index (χ1v) is 6.88. The first-order chi connectivity index (χ1) is 10.0. The van der Waals surface area contributed by atoms with Gasteiger partial charge in [0.2, 0.25) is 0 Å². The van der Waals surface area contributed by atoms with E-state index in [0.717, 1.165) is 28.7 Å². The van der Waals surface area contributed by atoms with Crippen LogP contribution in [0.3, 0.4) is 0 Å². The van der Waals surface area contributed by atoms with Crippen molar-refractivity contribution in [2.75, 3.05) is 0 Å². The van der Waals surface area contributed by atoms with E-state index in [0.29, 0.717) is 0 Å². The Balaban J connectivity index is 2.17. The summed E-state index contributed by atoms with van der Waals surface area (Å²) in [5.41, 5.74) is 2.66. The standard InChI is InChI=1S/C19H20O2/c1-4-15-7-11-18(12-8-15)21-19(2,3)17-9-5-16(6-10-17)13-14-20/h4-14,20H,1H2,2-3H3. The van der Waals surface area contributed by atoms with Crippen molar-refractivity contribution in [1.29, 1.82) is 0 Å². The Bertz CT molecular complexity index is 620. The number of aliphatic hydroxyl groups excluding tert-OH is 1. The maximum atomic E-state index is 8.77. The van der Waals surface area contributed by atoms with Crippen molar-refractivity contribution in [2.45, 2.75) is 19.4 Å². The lowest BCUT2D eigenvalue weighted by molar-refractivity contribution is 0.109. The Labute approximate surface area is 126 Å². The van der Waals surface area contributed by atoms with E-state index in [1.54, 1.807) is 6.08 Å². The topological polar surface area (TPSA) is 29.5 Å². The molecular formula is C19H20O2. The molecule has 0 aliphatic carbocycles. The molecule has 0 heterocycles. The zero-order chi connectivity index (χ0) is 15.3. The third kappa shape index (κ3) is 3.76. The van der Waals surface area contributed by atoms with E-state index in [-0.39, 0.29) is 0 Å². The van der Waals surface area contributed by atoms with Crippen LogP contribution in [0, 0.1) is 0 Å². The molecule has 0 aromatic heterocycles.